The summed E-state index contributed by atoms with van der Waals surface area (Å²) < 4.78 is 11.6. The normalized spacial score (nSPS) is 17.2. The van der Waals surface area contributed by atoms with Crippen LogP contribution < -0.4 is 14.8 Å². The Morgan fingerprint density at radius 2 is 2.23 bits per heavy atom. The lowest BCUT2D eigenvalue weighted by atomic mass is 10.0. The number of ketones is 1. The average Bonchev–Trinajstić information content (AvgIpc) is 3.12. The molecule has 26 heavy (non-hydrogen) atoms. The molecule has 1 aliphatic heterocycles. The van der Waals surface area contributed by atoms with Crippen LogP contribution in [0.4, 0.5) is 5.13 Å². The van der Waals surface area contributed by atoms with Gasteiger partial charge in [0, 0.05) is 18.4 Å². The van der Waals surface area contributed by atoms with E-state index in [1.807, 2.05) is 26.0 Å². The number of aryl methyl sites for hydroxylation is 1. The Kier molecular flexibility index (Phi) is 4.19. The van der Waals surface area contributed by atoms with Crippen molar-refractivity contribution in [3.05, 3.63) is 34.3 Å². The zero-order chi connectivity index (χ0) is 18.3. The molecule has 2 aromatic rings. The monoisotopic (exact) mass is 372 g/mol. The standard InChI is InChI=1S/C19H20N2O4S/c1-19(2)9-11-5-3-8-14(16(11)25-19)24-10-15(23)21-18-20-12-6-4-7-13(22)17(12)26-18/h3,5,8H,4,6-7,9-10H2,1-2H3,(H,20,21,23). The third-order valence-electron chi connectivity index (χ3n) is 4.43. The number of anilines is 1. The van der Waals surface area contributed by atoms with Gasteiger partial charge in [0.2, 0.25) is 0 Å². The van der Waals surface area contributed by atoms with Crippen LogP contribution in [0.1, 0.15) is 47.6 Å². The van der Waals surface area contributed by atoms with Gasteiger partial charge in [0.1, 0.15) is 5.60 Å². The highest BCUT2D eigenvalue weighted by Gasteiger charge is 2.32. The van der Waals surface area contributed by atoms with Gasteiger partial charge in [-0.25, -0.2) is 4.98 Å². The smallest absolute Gasteiger partial charge is 0.264 e. The second kappa shape index (κ2) is 6.39. The van der Waals surface area contributed by atoms with E-state index in [1.54, 1.807) is 6.07 Å². The van der Waals surface area contributed by atoms with Crippen LogP contribution in [0.3, 0.4) is 0 Å². The number of hydrogen-bond donors (Lipinski definition) is 1. The molecular weight excluding hydrogens is 352 g/mol. The molecule has 0 saturated heterocycles. The summed E-state index contributed by atoms with van der Waals surface area (Å²) in [5, 5.41) is 3.18. The Balaban J connectivity index is 1.40. The van der Waals surface area contributed by atoms with Crippen molar-refractivity contribution in [1.29, 1.82) is 0 Å². The van der Waals surface area contributed by atoms with Crippen LogP contribution >= 0.6 is 11.3 Å². The zero-order valence-corrected chi connectivity index (χ0v) is 15.6. The number of fused-ring (bicyclic) bond motifs is 2. The van der Waals surface area contributed by atoms with Gasteiger partial charge >= 0.3 is 0 Å². The lowest BCUT2D eigenvalue weighted by molar-refractivity contribution is -0.118. The fourth-order valence-electron chi connectivity index (χ4n) is 3.32. The second-order valence-electron chi connectivity index (χ2n) is 7.19. The number of benzene rings is 1. The van der Waals surface area contributed by atoms with Crippen molar-refractivity contribution in [1.82, 2.24) is 4.98 Å². The zero-order valence-electron chi connectivity index (χ0n) is 14.8. The van der Waals surface area contributed by atoms with E-state index in [9.17, 15) is 9.59 Å². The number of hydrogen-bond acceptors (Lipinski definition) is 6. The van der Waals surface area contributed by atoms with E-state index in [4.69, 9.17) is 9.47 Å². The number of nitrogens with zero attached hydrogens (tertiary/aromatic N) is 1. The number of para-hydroxylation sites is 1. The Hall–Kier alpha value is -2.41. The first-order valence-corrected chi connectivity index (χ1v) is 9.49. The maximum Gasteiger partial charge on any atom is 0.264 e. The Morgan fingerprint density at radius 1 is 1.38 bits per heavy atom. The molecule has 0 spiro atoms. The quantitative estimate of drug-likeness (QED) is 0.890. The van der Waals surface area contributed by atoms with E-state index in [1.165, 1.54) is 11.3 Å². The van der Waals surface area contributed by atoms with Crippen molar-refractivity contribution in [2.75, 3.05) is 11.9 Å². The van der Waals surface area contributed by atoms with Crippen molar-refractivity contribution < 1.29 is 19.1 Å². The Labute approximate surface area is 155 Å². The summed E-state index contributed by atoms with van der Waals surface area (Å²) in [5.41, 5.74) is 1.61. The minimum Gasteiger partial charge on any atom is -0.483 e. The molecule has 2 aliphatic rings. The van der Waals surface area contributed by atoms with Crippen molar-refractivity contribution >= 4 is 28.2 Å². The molecule has 6 nitrogen and oxygen atoms in total. The van der Waals surface area contributed by atoms with E-state index < -0.39 is 0 Å². The largest absolute Gasteiger partial charge is 0.483 e. The summed E-state index contributed by atoms with van der Waals surface area (Å²) in [5.74, 6) is 1.08. The summed E-state index contributed by atoms with van der Waals surface area (Å²) in [6, 6.07) is 5.71. The van der Waals surface area contributed by atoms with Gasteiger partial charge in [-0.15, -0.1) is 0 Å². The molecule has 0 unspecified atom stereocenters. The lowest BCUT2D eigenvalue weighted by Gasteiger charge is -2.18. The molecule has 4 rings (SSSR count). The predicted octanol–water partition coefficient (Wildman–Crippen LogP) is 3.39. The van der Waals surface area contributed by atoms with Gasteiger partial charge < -0.3 is 9.47 Å². The van der Waals surface area contributed by atoms with Gasteiger partial charge in [-0.3, -0.25) is 14.9 Å². The molecule has 2 heterocycles. The van der Waals surface area contributed by atoms with E-state index in [0.717, 1.165) is 30.5 Å². The number of ether oxygens (including phenoxy) is 2. The SMILES string of the molecule is CC1(C)Cc2cccc(OCC(=O)Nc3nc4c(s3)C(=O)CCC4)c2O1. The molecule has 1 amide bonds. The number of Topliss-reactive ketones (excluding diaryl/α,β-unsaturated/α-hetero) is 1. The van der Waals surface area contributed by atoms with Gasteiger partial charge in [-0.1, -0.05) is 23.5 Å². The summed E-state index contributed by atoms with van der Waals surface area (Å²) >= 11 is 1.24. The van der Waals surface area contributed by atoms with Gasteiger partial charge in [-0.05, 0) is 32.8 Å². The number of aromatic nitrogens is 1. The van der Waals surface area contributed by atoms with Gasteiger partial charge in [0.15, 0.2) is 29.0 Å². The fraction of sp³-hybridized carbons (Fsp3) is 0.421. The van der Waals surface area contributed by atoms with Crippen molar-refractivity contribution in [3.8, 4) is 11.5 Å². The predicted molar refractivity (Wildman–Crippen MR) is 98.4 cm³/mol. The van der Waals surface area contributed by atoms with Crippen LogP contribution in [0.25, 0.3) is 0 Å². The Bertz CT molecular complexity index is 888. The summed E-state index contributed by atoms with van der Waals surface area (Å²) in [6.45, 7) is 3.91. The Morgan fingerprint density at radius 3 is 3.04 bits per heavy atom. The van der Waals surface area contributed by atoms with Crippen LogP contribution in [0.2, 0.25) is 0 Å². The molecule has 0 saturated carbocycles. The third-order valence-corrected chi connectivity index (χ3v) is 5.48. The van der Waals surface area contributed by atoms with E-state index in [-0.39, 0.29) is 23.9 Å². The van der Waals surface area contributed by atoms with Gasteiger partial charge in [-0.2, -0.15) is 0 Å². The van der Waals surface area contributed by atoms with Crippen LogP contribution in [0.5, 0.6) is 11.5 Å². The number of carbonyl (C=O) groups is 2. The van der Waals surface area contributed by atoms with Crippen LogP contribution in [-0.2, 0) is 17.6 Å². The number of rotatable bonds is 4. The van der Waals surface area contributed by atoms with Crippen molar-refractivity contribution in [2.24, 2.45) is 0 Å². The van der Waals surface area contributed by atoms with Crippen molar-refractivity contribution in [3.63, 3.8) is 0 Å². The highest BCUT2D eigenvalue weighted by Crippen LogP contribution is 2.41. The van der Waals surface area contributed by atoms with Gasteiger partial charge in [0.25, 0.3) is 5.91 Å². The fourth-order valence-corrected chi connectivity index (χ4v) is 4.32. The number of thiazole rings is 1. The highest BCUT2D eigenvalue weighted by molar-refractivity contribution is 7.17. The van der Waals surface area contributed by atoms with E-state index in [0.29, 0.717) is 27.9 Å². The maximum absolute atomic E-state index is 12.2. The minimum atomic E-state index is -0.307. The molecule has 0 radical (unpaired) electrons. The maximum atomic E-state index is 12.2. The minimum absolute atomic E-state index is 0.111. The molecule has 0 bridgehead atoms. The molecule has 1 aromatic carbocycles. The van der Waals surface area contributed by atoms with Crippen LogP contribution in [0, 0.1) is 0 Å². The molecule has 0 fully saturated rings. The summed E-state index contributed by atoms with van der Waals surface area (Å²) in [7, 11) is 0. The highest BCUT2D eigenvalue weighted by atomic mass is 32.1. The van der Waals surface area contributed by atoms with Gasteiger partial charge in [0.05, 0.1) is 10.6 Å². The van der Waals surface area contributed by atoms with Crippen LogP contribution in [0.15, 0.2) is 18.2 Å². The van der Waals surface area contributed by atoms with Crippen LogP contribution in [-0.4, -0.2) is 28.9 Å². The molecule has 0 atom stereocenters. The number of nitrogens with one attached hydrogen (secondary N) is 1. The first-order chi connectivity index (χ1) is 12.4. The van der Waals surface area contributed by atoms with E-state index >= 15 is 0 Å². The average molecular weight is 372 g/mol. The first kappa shape index (κ1) is 17.0. The molecule has 1 aromatic heterocycles. The lowest BCUT2D eigenvalue weighted by Crippen LogP contribution is -2.25. The topological polar surface area (TPSA) is 77.5 Å². The number of amides is 1. The summed E-state index contributed by atoms with van der Waals surface area (Å²) in [4.78, 5) is 29.1. The molecular formula is C19H20N2O4S. The molecule has 1 aliphatic carbocycles. The third kappa shape index (κ3) is 3.31. The summed E-state index contributed by atoms with van der Waals surface area (Å²) in [6.07, 6.45) is 2.97. The number of carbonyl (C=O) groups excluding carboxylic acids is 2. The first-order valence-electron chi connectivity index (χ1n) is 8.68. The molecule has 1 N–H and O–H groups in total. The molecule has 136 valence electrons. The second-order valence-corrected chi connectivity index (χ2v) is 8.19. The van der Waals surface area contributed by atoms with Crippen molar-refractivity contribution in [2.45, 2.75) is 45.1 Å². The molecule has 7 heteroatoms. The van der Waals surface area contributed by atoms with E-state index in [2.05, 4.69) is 10.3 Å².